The van der Waals surface area contributed by atoms with E-state index < -0.39 is 11.9 Å². The largest absolute Gasteiger partial charge is 0.490 e. The summed E-state index contributed by atoms with van der Waals surface area (Å²) in [5.74, 6) is 0.555. The second kappa shape index (κ2) is 13.4. The van der Waals surface area contributed by atoms with E-state index in [9.17, 15) is 10.1 Å². The maximum Gasteiger partial charge on any atom is 0.336 e. The average molecular weight is 613 g/mol. The zero-order valence-corrected chi connectivity index (χ0v) is 24.6. The van der Waals surface area contributed by atoms with Crippen LogP contribution in [0.5, 0.6) is 23.0 Å². The second-order valence-electron chi connectivity index (χ2n) is 9.48. The van der Waals surface area contributed by atoms with Crippen molar-refractivity contribution in [2.75, 3.05) is 6.61 Å². The van der Waals surface area contributed by atoms with Gasteiger partial charge in [0.1, 0.15) is 29.7 Å². The standard InChI is InChI=1S/C34H26Cl2N2O5/c1-2-40-31-17-23(8-15-29(31)41-20-22-5-11-25(36)12-6-22)33-27-14-13-26(18-30(27)43-34(38)28(33)19-37)42-32(39)16-7-21-3-9-24(35)10-4-21/h3-18,33H,2,20,38H2,1H3/b16-7+. The van der Waals surface area contributed by atoms with E-state index >= 15 is 0 Å². The first-order valence-electron chi connectivity index (χ1n) is 13.4. The number of carbonyl (C=O) groups excluding carboxylic acids is 1. The van der Waals surface area contributed by atoms with Crippen LogP contribution in [-0.4, -0.2) is 12.6 Å². The number of nitrogens with two attached hydrogens (primary N) is 1. The topological polar surface area (TPSA) is 104 Å². The first-order chi connectivity index (χ1) is 20.8. The highest BCUT2D eigenvalue weighted by molar-refractivity contribution is 6.30. The van der Waals surface area contributed by atoms with Gasteiger partial charge >= 0.3 is 5.97 Å². The van der Waals surface area contributed by atoms with Crippen molar-refractivity contribution in [1.29, 1.82) is 5.26 Å². The van der Waals surface area contributed by atoms with Crippen molar-refractivity contribution in [2.45, 2.75) is 19.4 Å². The van der Waals surface area contributed by atoms with Gasteiger partial charge in [-0.3, -0.25) is 0 Å². The van der Waals surface area contributed by atoms with E-state index in [0.29, 0.717) is 46.1 Å². The molecule has 4 aromatic rings. The molecule has 0 fully saturated rings. The lowest BCUT2D eigenvalue weighted by atomic mass is 9.83. The van der Waals surface area contributed by atoms with Gasteiger partial charge in [-0.2, -0.15) is 5.26 Å². The monoisotopic (exact) mass is 612 g/mol. The molecule has 0 saturated carbocycles. The van der Waals surface area contributed by atoms with Crippen molar-refractivity contribution < 1.29 is 23.7 Å². The molecule has 0 bridgehead atoms. The minimum Gasteiger partial charge on any atom is -0.490 e. The van der Waals surface area contributed by atoms with Crippen LogP contribution >= 0.6 is 23.2 Å². The van der Waals surface area contributed by atoms with Gasteiger partial charge in [0.25, 0.3) is 0 Å². The number of benzene rings is 4. The number of rotatable bonds is 9. The van der Waals surface area contributed by atoms with Crippen LogP contribution in [0.4, 0.5) is 0 Å². The first kappa shape index (κ1) is 29.6. The Balaban J connectivity index is 1.39. The van der Waals surface area contributed by atoms with Crippen LogP contribution in [0.2, 0.25) is 10.0 Å². The third kappa shape index (κ3) is 7.12. The fourth-order valence-electron chi connectivity index (χ4n) is 4.56. The summed E-state index contributed by atoms with van der Waals surface area (Å²) in [5.41, 5.74) is 9.63. The zero-order valence-electron chi connectivity index (χ0n) is 23.1. The highest BCUT2D eigenvalue weighted by Gasteiger charge is 2.31. The Morgan fingerprint density at radius 1 is 0.953 bits per heavy atom. The molecule has 7 nitrogen and oxygen atoms in total. The van der Waals surface area contributed by atoms with Crippen LogP contribution in [0.3, 0.4) is 0 Å². The number of fused-ring (bicyclic) bond motifs is 1. The minimum atomic E-state index is -0.570. The van der Waals surface area contributed by atoms with Crippen LogP contribution in [-0.2, 0) is 11.4 Å². The molecule has 1 aliphatic rings. The maximum atomic E-state index is 12.5. The molecule has 1 aliphatic heterocycles. The summed E-state index contributed by atoms with van der Waals surface area (Å²) >= 11 is 11.9. The summed E-state index contributed by atoms with van der Waals surface area (Å²) in [5, 5.41) is 11.3. The lowest BCUT2D eigenvalue weighted by molar-refractivity contribution is -0.128. The number of ether oxygens (including phenoxy) is 4. The van der Waals surface area contributed by atoms with E-state index in [2.05, 4.69) is 6.07 Å². The number of hydrogen-bond acceptors (Lipinski definition) is 7. The van der Waals surface area contributed by atoms with Crippen LogP contribution in [0.25, 0.3) is 6.08 Å². The molecule has 5 rings (SSSR count). The van der Waals surface area contributed by atoms with E-state index in [0.717, 1.165) is 16.7 Å². The Hall–Kier alpha value is -4.90. The van der Waals surface area contributed by atoms with Gasteiger partial charge < -0.3 is 24.7 Å². The van der Waals surface area contributed by atoms with Crippen LogP contribution in [0.15, 0.2) is 102 Å². The summed E-state index contributed by atoms with van der Waals surface area (Å²) in [4.78, 5) is 12.5. The normalized spacial score (nSPS) is 14.0. The van der Waals surface area contributed by atoms with E-state index in [1.807, 2.05) is 31.2 Å². The van der Waals surface area contributed by atoms with E-state index in [1.54, 1.807) is 66.7 Å². The van der Waals surface area contributed by atoms with Gasteiger partial charge in [-0.25, -0.2) is 4.79 Å². The quantitative estimate of drug-likeness (QED) is 0.117. The molecule has 2 N–H and O–H groups in total. The molecule has 0 amide bonds. The lowest BCUT2D eigenvalue weighted by Crippen LogP contribution is -2.21. The van der Waals surface area contributed by atoms with E-state index in [4.69, 9.17) is 47.9 Å². The molecule has 4 aromatic carbocycles. The summed E-state index contributed by atoms with van der Waals surface area (Å²) in [6.45, 7) is 2.62. The third-order valence-corrected chi connectivity index (χ3v) is 7.10. The molecule has 0 aromatic heterocycles. The summed E-state index contributed by atoms with van der Waals surface area (Å²) in [6.07, 6.45) is 2.95. The predicted molar refractivity (Wildman–Crippen MR) is 165 cm³/mol. The number of esters is 1. The molecule has 1 unspecified atom stereocenters. The maximum absolute atomic E-state index is 12.5. The SMILES string of the molecule is CCOc1cc(C2C(C#N)=C(N)Oc3cc(OC(=O)/C=C/c4ccc(Cl)cc4)ccc32)ccc1OCc1ccc(Cl)cc1. The molecule has 0 spiro atoms. The van der Waals surface area contributed by atoms with Gasteiger partial charge in [0, 0.05) is 27.8 Å². The van der Waals surface area contributed by atoms with Crippen molar-refractivity contribution in [1.82, 2.24) is 0 Å². The van der Waals surface area contributed by atoms with Gasteiger partial charge in [0.2, 0.25) is 5.88 Å². The van der Waals surface area contributed by atoms with Crippen molar-refractivity contribution in [2.24, 2.45) is 5.73 Å². The van der Waals surface area contributed by atoms with Gasteiger partial charge in [0.05, 0.1) is 12.5 Å². The molecule has 0 radical (unpaired) electrons. The molecule has 43 heavy (non-hydrogen) atoms. The predicted octanol–water partition coefficient (Wildman–Crippen LogP) is 7.81. The first-order valence-corrected chi connectivity index (χ1v) is 14.1. The lowest BCUT2D eigenvalue weighted by Gasteiger charge is -2.27. The molecule has 1 heterocycles. The Kier molecular flexibility index (Phi) is 9.21. The fraction of sp³-hybridized carbons (Fsp3) is 0.118. The highest BCUT2D eigenvalue weighted by atomic mass is 35.5. The molecule has 0 aliphatic carbocycles. The van der Waals surface area contributed by atoms with Crippen molar-refractivity contribution >= 4 is 35.2 Å². The zero-order chi connectivity index (χ0) is 30.3. The number of carbonyl (C=O) groups is 1. The molecule has 216 valence electrons. The molecule has 9 heteroatoms. The number of allylic oxidation sites excluding steroid dienone is 1. The molecular weight excluding hydrogens is 587 g/mol. The smallest absolute Gasteiger partial charge is 0.336 e. The van der Waals surface area contributed by atoms with Crippen molar-refractivity contribution in [3.05, 3.63) is 135 Å². The van der Waals surface area contributed by atoms with E-state index in [-0.39, 0.29) is 17.2 Å². The minimum absolute atomic E-state index is 0.0351. The van der Waals surface area contributed by atoms with Crippen LogP contribution in [0, 0.1) is 11.3 Å². The fourth-order valence-corrected chi connectivity index (χ4v) is 4.82. The van der Waals surface area contributed by atoms with Gasteiger partial charge in [0.15, 0.2) is 11.5 Å². The molecule has 1 atom stereocenters. The van der Waals surface area contributed by atoms with E-state index in [1.165, 1.54) is 6.08 Å². The summed E-state index contributed by atoms with van der Waals surface area (Å²) in [6, 6.07) is 27.1. The second-order valence-corrected chi connectivity index (χ2v) is 10.4. The Morgan fingerprint density at radius 3 is 2.37 bits per heavy atom. The van der Waals surface area contributed by atoms with Crippen LogP contribution < -0.4 is 24.7 Å². The molecular formula is C34H26Cl2N2O5. The van der Waals surface area contributed by atoms with Crippen molar-refractivity contribution in [3.63, 3.8) is 0 Å². The van der Waals surface area contributed by atoms with Gasteiger partial charge in [-0.15, -0.1) is 0 Å². The summed E-state index contributed by atoms with van der Waals surface area (Å²) in [7, 11) is 0. The number of nitriles is 1. The highest BCUT2D eigenvalue weighted by Crippen LogP contribution is 2.45. The van der Waals surface area contributed by atoms with Crippen molar-refractivity contribution in [3.8, 4) is 29.1 Å². The molecule has 0 saturated heterocycles. The number of halogens is 2. The number of nitrogens with zero attached hydrogens (tertiary/aromatic N) is 1. The average Bonchev–Trinajstić information content (AvgIpc) is 3.00. The van der Waals surface area contributed by atoms with Crippen LogP contribution in [0.1, 0.15) is 35.1 Å². The third-order valence-electron chi connectivity index (χ3n) is 6.60. The summed E-state index contributed by atoms with van der Waals surface area (Å²) < 4.78 is 23.2. The Bertz CT molecular complexity index is 1740. The Labute approximate surface area is 259 Å². The number of hydrogen-bond donors (Lipinski definition) is 1. The van der Waals surface area contributed by atoms with Gasteiger partial charge in [-0.05, 0) is 72.2 Å². The Morgan fingerprint density at radius 2 is 1.67 bits per heavy atom. The van der Waals surface area contributed by atoms with Gasteiger partial charge in [-0.1, -0.05) is 59.6 Å².